The van der Waals surface area contributed by atoms with E-state index in [2.05, 4.69) is 10.1 Å². The average molecular weight is 198 g/mol. The van der Waals surface area contributed by atoms with Crippen LogP contribution in [0.4, 0.5) is 4.39 Å². The first-order valence-electron chi connectivity index (χ1n) is 3.30. The highest BCUT2D eigenvalue weighted by atomic mass is 35.5. The molecule has 1 rings (SSSR count). The summed E-state index contributed by atoms with van der Waals surface area (Å²) in [5, 5.41) is 3.23. The minimum atomic E-state index is -0.527. The highest BCUT2D eigenvalue weighted by molar-refractivity contribution is 6.31. The Balaban J connectivity index is 3.13. The van der Waals surface area contributed by atoms with Gasteiger partial charge < -0.3 is 5.73 Å². The minimum Gasteiger partial charge on any atom is -0.377 e. The van der Waals surface area contributed by atoms with Gasteiger partial charge in [0.25, 0.3) is 0 Å². The Morgan fingerprint density at radius 3 is 2.85 bits per heavy atom. The first kappa shape index (κ1) is 9.49. The second-order valence-electron chi connectivity index (χ2n) is 2.21. The number of nitrogens with zero attached hydrogens (tertiary/aromatic N) is 2. The molecule has 0 spiro atoms. The highest BCUT2D eigenvalue weighted by Crippen LogP contribution is 2.15. The molecular formula is C8H5ClFN3. The lowest BCUT2D eigenvalue weighted by Crippen LogP contribution is -2.12. The molecule has 5 heteroatoms. The molecule has 0 unspecified atom stereocenters. The Morgan fingerprint density at radius 2 is 2.31 bits per heavy atom. The third-order valence-electron chi connectivity index (χ3n) is 1.37. The maximum absolute atomic E-state index is 12.7. The predicted octanol–water partition coefficient (Wildman–Crippen LogP) is 2.02. The fraction of sp³-hybridized carbons (Fsp3) is 0. The van der Waals surface area contributed by atoms with Gasteiger partial charge in [-0.3, -0.25) is 0 Å². The van der Waals surface area contributed by atoms with Gasteiger partial charge in [0.15, 0.2) is 0 Å². The van der Waals surface area contributed by atoms with E-state index < -0.39 is 5.82 Å². The van der Waals surface area contributed by atoms with E-state index in [1.54, 1.807) is 0 Å². The molecule has 0 heterocycles. The molecule has 0 saturated carbocycles. The Hall–Kier alpha value is -1.60. The predicted molar refractivity (Wildman–Crippen MR) is 48.7 cm³/mol. The molecule has 0 fully saturated rings. The summed E-state index contributed by atoms with van der Waals surface area (Å²) in [6.45, 7) is 6.43. The summed E-state index contributed by atoms with van der Waals surface area (Å²) in [5.74, 6) is -0.502. The molecule has 1 aromatic carbocycles. The van der Waals surface area contributed by atoms with E-state index in [1.165, 1.54) is 18.2 Å². The quantitative estimate of drug-likeness (QED) is 0.318. The summed E-state index contributed by atoms with van der Waals surface area (Å²) in [5.41, 5.74) is 5.81. The summed E-state index contributed by atoms with van der Waals surface area (Å²) >= 11 is 5.50. The number of benzene rings is 1. The van der Waals surface area contributed by atoms with Gasteiger partial charge in [-0.2, -0.15) is 6.57 Å². The smallest absolute Gasteiger partial charge is 0.214 e. The maximum Gasteiger partial charge on any atom is 0.214 e. The minimum absolute atomic E-state index is 0.0249. The molecule has 0 aliphatic rings. The molecule has 0 radical (unpaired) electrons. The molecule has 0 aliphatic carbocycles. The van der Waals surface area contributed by atoms with Crippen LogP contribution in [0.3, 0.4) is 0 Å². The molecule has 66 valence electrons. The fourth-order valence-electron chi connectivity index (χ4n) is 0.767. The number of nitrogens with two attached hydrogens (primary N) is 1. The second-order valence-corrected chi connectivity index (χ2v) is 2.62. The van der Waals surface area contributed by atoms with Crippen LogP contribution in [0.25, 0.3) is 4.95 Å². The number of amidine groups is 1. The Bertz CT molecular complexity index is 395. The third kappa shape index (κ3) is 2.17. The zero-order valence-electron chi connectivity index (χ0n) is 6.46. The van der Waals surface area contributed by atoms with Crippen LogP contribution in [0.1, 0.15) is 5.56 Å². The van der Waals surface area contributed by atoms with Crippen molar-refractivity contribution in [2.45, 2.75) is 0 Å². The van der Waals surface area contributed by atoms with Gasteiger partial charge in [-0.15, -0.1) is 4.95 Å². The van der Waals surface area contributed by atoms with Gasteiger partial charge in [0.1, 0.15) is 10.9 Å². The van der Waals surface area contributed by atoms with Crippen molar-refractivity contribution >= 4 is 17.4 Å². The van der Waals surface area contributed by atoms with E-state index in [4.69, 9.17) is 23.9 Å². The second kappa shape index (κ2) is 3.87. The van der Waals surface area contributed by atoms with Crippen LogP contribution in [-0.2, 0) is 0 Å². The number of hydrogen-bond donors (Lipinski definition) is 1. The molecule has 2 N–H and O–H groups in total. The molecule has 0 bridgehead atoms. The number of hydrogen-bond acceptors (Lipinski definition) is 1. The van der Waals surface area contributed by atoms with Gasteiger partial charge in [0.2, 0.25) is 5.84 Å². The van der Waals surface area contributed by atoms with E-state index in [-0.39, 0.29) is 10.9 Å². The molecule has 0 saturated heterocycles. The van der Waals surface area contributed by atoms with Crippen LogP contribution in [0.15, 0.2) is 23.3 Å². The topological polar surface area (TPSA) is 42.7 Å². The van der Waals surface area contributed by atoms with Crippen LogP contribution in [0, 0.1) is 12.4 Å². The molecule has 3 nitrogen and oxygen atoms in total. The van der Waals surface area contributed by atoms with Gasteiger partial charge >= 0.3 is 0 Å². The zero-order chi connectivity index (χ0) is 9.84. The van der Waals surface area contributed by atoms with Crippen molar-refractivity contribution in [3.05, 3.63) is 46.1 Å². The largest absolute Gasteiger partial charge is 0.377 e. The van der Waals surface area contributed by atoms with E-state index in [0.29, 0.717) is 5.56 Å². The zero-order valence-corrected chi connectivity index (χ0v) is 7.22. The van der Waals surface area contributed by atoms with Crippen molar-refractivity contribution in [1.82, 2.24) is 0 Å². The van der Waals surface area contributed by atoms with E-state index >= 15 is 0 Å². The van der Waals surface area contributed by atoms with Crippen molar-refractivity contribution in [3.8, 4) is 0 Å². The van der Waals surface area contributed by atoms with Crippen LogP contribution in [0.2, 0.25) is 5.02 Å². The van der Waals surface area contributed by atoms with Gasteiger partial charge in [0.05, 0.1) is 5.02 Å². The molecule has 1 aromatic rings. The summed E-state index contributed by atoms with van der Waals surface area (Å²) in [6, 6.07) is 3.90. The van der Waals surface area contributed by atoms with E-state index in [1.807, 2.05) is 0 Å². The Morgan fingerprint density at radius 1 is 1.62 bits per heavy atom. The summed E-state index contributed by atoms with van der Waals surface area (Å²) in [6.07, 6.45) is 0. The molecular weight excluding hydrogens is 193 g/mol. The number of rotatable bonds is 1. The van der Waals surface area contributed by atoms with Crippen molar-refractivity contribution in [2.24, 2.45) is 10.8 Å². The molecule has 0 aliphatic heterocycles. The van der Waals surface area contributed by atoms with Crippen molar-refractivity contribution in [3.63, 3.8) is 0 Å². The van der Waals surface area contributed by atoms with Gasteiger partial charge in [-0.1, -0.05) is 11.6 Å². The molecule has 13 heavy (non-hydrogen) atoms. The van der Waals surface area contributed by atoms with Crippen LogP contribution in [-0.4, -0.2) is 5.84 Å². The maximum atomic E-state index is 12.7. The van der Waals surface area contributed by atoms with Crippen molar-refractivity contribution in [2.75, 3.05) is 0 Å². The van der Waals surface area contributed by atoms with Gasteiger partial charge in [-0.05, 0) is 18.2 Å². The first-order valence-corrected chi connectivity index (χ1v) is 3.68. The monoisotopic (exact) mass is 197 g/mol. The van der Waals surface area contributed by atoms with Crippen LogP contribution >= 0.6 is 11.6 Å². The van der Waals surface area contributed by atoms with E-state index in [0.717, 1.165) is 0 Å². The normalized spacial score (nSPS) is 11.0. The standard InChI is InChI=1S/C8H5ClFN3/c1-12-13-8(11)5-2-3-7(10)6(9)4-5/h2-4H,(H2,11,13). The summed E-state index contributed by atoms with van der Waals surface area (Å²) in [4.78, 5) is 2.74. The Kier molecular flexibility index (Phi) is 2.83. The fourth-order valence-corrected chi connectivity index (χ4v) is 0.948. The van der Waals surface area contributed by atoms with Gasteiger partial charge in [0, 0.05) is 5.56 Å². The lowest BCUT2D eigenvalue weighted by Gasteiger charge is -1.97. The summed E-state index contributed by atoms with van der Waals surface area (Å²) < 4.78 is 12.7. The first-order chi connectivity index (χ1) is 6.15. The van der Waals surface area contributed by atoms with Gasteiger partial charge in [-0.25, -0.2) is 4.39 Å². The third-order valence-corrected chi connectivity index (χ3v) is 1.66. The Labute approximate surface area is 79.4 Å². The number of halogens is 2. The summed E-state index contributed by atoms with van der Waals surface area (Å²) in [7, 11) is 0. The molecule has 0 atom stereocenters. The molecule has 0 amide bonds. The van der Waals surface area contributed by atoms with Crippen molar-refractivity contribution in [1.29, 1.82) is 0 Å². The lowest BCUT2D eigenvalue weighted by atomic mass is 10.2. The molecule has 0 aromatic heterocycles. The average Bonchev–Trinajstić information content (AvgIpc) is 2.10. The van der Waals surface area contributed by atoms with E-state index in [9.17, 15) is 4.39 Å². The van der Waals surface area contributed by atoms with Crippen LogP contribution in [0.5, 0.6) is 0 Å². The highest BCUT2D eigenvalue weighted by Gasteiger charge is 2.05. The SMILES string of the molecule is [C-]#[N+]N=C(N)c1ccc(F)c(Cl)c1. The van der Waals surface area contributed by atoms with Crippen molar-refractivity contribution < 1.29 is 4.39 Å². The van der Waals surface area contributed by atoms with Crippen LogP contribution < -0.4 is 5.73 Å². The lowest BCUT2D eigenvalue weighted by molar-refractivity contribution is 0.628.